The van der Waals surface area contributed by atoms with Crippen molar-refractivity contribution in [3.63, 3.8) is 0 Å². The number of amides is 4. The average molecular weight is 369 g/mol. The van der Waals surface area contributed by atoms with Crippen LogP contribution >= 0.6 is 11.8 Å². The Hall–Kier alpha value is -2.80. The second-order valence-electron chi connectivity index (χ2n) is 5.86. The summed E-state index contributed by atoms with van der Waals surface area (Å²) in [5.41, 5.74) is 1.62. The third kappa shape index (κ3) is 4.05. The molecule has 1 fully saturated rings. The second kappa shape index (κ2) is 8.05. The third-order valence-electron chi connectivity index (χ3n) is 4.07. The molecular weight excluding hydrogens is 350 g/mol. The number of rotatable bonds is 6. The molecule has 0 spiro atoms. The van der Waals surface area contributed by atoms with Crippen LogP contribution in [0.25, 0.3) is 0 Å². The molecule has 4 amide bonds. The molecule has 1 aliphatic rings. The highest BCUT2D eigenvalue weighted by Crippen LogP contribution is 2.24. The molecule has 0 bridgehead atoms. The number of nitrogens with zero attached hydrogens (tertiary/aromatic N) is 1. The van der Waals surface area contributed by atoms with E-state index in [1.807, 2.05) is 54.8 Å². The van der Waals surface area contributed by atoms with E-state index >= 15 is 0 Å². The van der Waals surface area contributed by atoms with Crippen LogP contribution in [0.1, 0.15) is 5.56 Å². The van der Waals surface area contributed by atoms with E-state index in [1.165, 1.54) is 11.8 Å². The second-order valence-corrected chi connectivity index (χ2v) is 6.71. The van der Waals surface area contributed by atoms with Gasteiger partial charge in [-0.25, -0.2) is 4.79 Å². The number of nitrogens with one attached hydrogen (secondary N) is 2. The normalized spacial score (nSPS) is 16.5. The summed E-state index contributed by atoms with van der Waals surface area (Å²) in [6.45, 7) is -0.307. The van der Waals surface area contributed by atoms with Gasteiger partial charge in [-0.3, -0.25) is 14.5 Å². The first-order chi connectivity index (χ1) is 12.6. The van der Waals surface area contributed by atoms with Gasteiger partial charge in [-0.15, -0.1) is 11.8 Å². The lowest BCUT2D eigenvalue weighted by Gasteiger charge is -2.14. The summed E-state index contributed by atoms with van der Waals surface area (Å²) in [6, 6.07) is 15.6. The number of hydrogen-bond acceptors (Lipinski definition) is 4. The minimum absolute atomic E-state index is 0.307. The van der Waals surface area contributed by atoms with Gasteiger partial charge in [0, 0.05) is 11.3 Å². The molecule has 0 radical (unpaired) electrons. The standard InChI is InChI=1S/C19H19N3O3S/c1-26-16-10-6-5-9-14(16)20-17(23)12-22-18(24)15(21-19(22)25)11-13-7-3-2-4-8-13/h2-10,15H,11-12H2,1H3,(H,20,23)(H,21,25). The Morgan fingerprint density at radius 1 is 1.12 bits per heavy atom. The lowest BCUT2D eigenvalue weighted by Crippen LogP contribution is -2.38. The summed E-state index contributed by atoms with van der Waals surface area (Å²) < 4.78 is 0. The molecule has 134 valence electrons. The van der Waals surface area contributed by atoms with Gasteiger partial charge in [-0.05, 0) is 24.0 Å². The number of imide groups is 1. The molecule has 2 aromatic carbocycles. The molecule has 0 aliphatic carbocycles. The van der Waals surface area contributed by atoms with Crippen molar-refractivity contribution in [2.75, 3.05) is 18.1 Å². The van der Waals surface area contributed by atoms with Gasteiger partial charge in [-0.2, -0.15) is 0 Å². The van der Waals surface area contributed by atoms with Crippen LogP contribution in [0.4, 0.5) is 10.5 Å². The molecule has 1 saturated heterocycles. The molecule has 7 heteroatoms. The van der Waals surface area contributed by atoms with Crippen molar-refractivity contribution in [3.8, 4) is 0 Å². The number of carbonyl (C=O) groups excluding carboxylic acids is 3. The van der Waals surface area contributed by atoms with Crippen LogP contribution in [0.2, 0.25) is 0 Å². The molecule has 0 aromatic heterocycles. The van der Waals surface area contributed by atoms with Gasteiger partial charge in [0.15, 0.2) is 0 Å². The van der Waals surface area contributed by atoms with Gasteiger partial charge >= 0.3 is 6.03 Å². The number of thioether (sulfide) groups is 1. The highest BCUT2D eigenvalue weighted by molar-refractivity contribution is 7.98. The van der Waals surface area contributed by atoms with Crippen molar-refractivity contribution in [2.45, 2.75) is 17.4 Å². The Kier molecular flexibility index (Phi) is 5.58. The molecule has 26 heavy (non-hydrogen) atoms. The van der Waals surface area contributed by atoms with Gasteiger partial charge in [0.25, 0.3) is 5.91 Å². The van der Waals surface area contributed by atoms with Crippen LogP contribution in [0.5, 0.6) is 0 Å². The minimum Gasteiger partial charge on any atom is -0.325 e. The topological polar surface area (TPSA) is 78.5 Å². The van der Waals surface area contributed by atoms with E-state index in [0.29, 0.717) is 12.1 Å². The van der Waals surface area contributed by atoms with Gasteiger partial charge in [0.2, 0.25) is 5.91 Å². The Labute approximate surface area is 156 Å². The van der Waals surface area contributed by atoms with Gasteiger partial charge in [0.1, 0.15) is 12.6 Å². The first-order valence-electron chi connectivity index (χ1n) is 8.17. The smallest absolute Gasteiger partial charge is 0.325 e. The zero-order valence-electron chi connectivity index (χ0n) is 14.3. The molecule has 3 rings (SSSR count). The van der Waals surface area contributed by atoms with Crippen molar-refractivity contribution in [1.29, 1.82) is 0 Å². The molecular formula is C19H19N3O3S. The van der Waals surface area contributed by atoms with E-state index < -0.39 is 18.0 Å². The Bertz CT molecular complexity index is 826. The maximum absolute atomic E-state index is 12.5. The molecule has 1 unspecified atom stereocenters. The lowest BCUT2D eigenvalue weighted by molar-refractivity contribution is -0.130. The van der Waals surface area contributed by atoms with E-state index in [2.05, 4.69) is 10.6 Å². The van der Waals surface area contributed by atoms with Crippen LogP contribution in [-0.2, 0) is 16.0 Å². The number of para-hydroxylation sites is 1. The van der Waals surface area contributed by atoms with Crippen LogP contribution in [-0.4, -0.2) is 41.6 Å². The molecule has 1 heterocycles. The van der Waals surface area contributed by atoms with Crippen molar-refractivity contribution in [2.24, 2.45) is 0 Å². The number of anilines is 1. The molecule has 6 nitrogen and oxygen atoms in total. The monoisotopic (exact) mass is 369 g/mol. The van der Waals surface area contributed by atoms with Gasteiger partial charge < -0.3 is 10.6 Å². The van der Waals surface area contributed by atoms with E-state index in [4.69, 9.17) is 0 Å². The largest absolute Gasteiger partial charge is 0.325 e. The number of benzene rings is 2. The maximum Gasteiger partial charge on any atom is 0.325 e. The Morgan fingerprint density at radius 2 is 1.81 bits per heavy atom. The van der Waals surface area contributed by atoms with Crippen molar-refractivity contribution >= 4 is 35.3 Å². The van der Waals surface area contributed by atoms with E-state index in [1.54, 1.807) is 6.07 Å². The third-order valence-corrected chi connectivity index (χ3v) is 4.87. The molecule has 1 aliphatic heterocycles. The summed E-state index contributed by atoms with van der Waals surface area (Å²) in [6.07, 6.45) is 2.31. The Balaban J connectivity index is 1.63. The van der Waals surface area contributed by atoms with E-state index in [9.17, 15) is 14.4 Å². The van der Waals surface area contributed by atoms with Crippen LogP contribution in [0.3, 0.4) is 0 Å². The zero-order valence-corrected chi connectivity index (χ0v) is 15.1. The van der Waals surface area contributed by atoms with Gasteiger partial charge in [0.05, 0.1) is 5.69 Å². The first kappa shape index (κ1) is 18.0. The predicted octanol–water partition coefficient (Wildman–Crippen LogP) is 2.51. The predicted molar refractivity (Wildman–Crippen MR) is 101 cm³/mol. The fourth-order valence-corrected chi connectivity index (χ4v) is 3.35. The van der Waals surface area contributed by atoms with Crippen LogP contribution < -0.4 is 10.6 Å². The van der Waals surface area contributed by atoms with Crippen molar-refractivity contribution in [3.05, 3.63) is 60.2 Å². The van der Waals surface area contributed by atoms with E-state index in [0.717, 1.165) is 15.4 Å². The highest BCUT2D eigenvalue weighted by Gasteiger charge is 2.38. The van der Waals surface area contributed by atoms with Gasteiger partial charge in [-0.1, -0.05) is 42.5 Å². The highest BCUT2D eigenvalue weighted by atomic mass is 32.2. The zero-order chi connectivity index (χ0) is 18.5. The number of urea groups is 1. The van der Waals surface area contributed by atoms with Crippen molar-refractivity contribution < 1.29 is 14.4 Å². The summed E-state index contributed by atoms with van der Waals surface area (Å²) in [4.78, 5) is 38.8. The average Bonchev–Trinajstić information content (AvgIpc) is 2.90. The van der Waals surface area contributed by atoms with Crippen molar-refractivity contribution in [1.82, 2.24) is 10.2 Å². The molecule has 2 N–H and O–H groups in total. The van der Waals surface area contributed by atoms with Crippen LogP contribution in [0, 0.1) is 0 Å². The van der Waals surface area contributed by atoms with Crippen LogP contribution in [0.15, 0.2) is 59.5 Å². The minimum atomic E-state index is -0.642. The molecule has 1 atom stereocenters. The quantitative estimate of drug-likeness (QED) is 0.606. The van der Waals surface area contributed by atoms with E-state index in [-0.39, 0.29) is 12.5 Å². The molecule has 2 aromatic rings. The SMILES string of the molecule is CSc1ccccc1NC(=O)CN1C(=O)NC(Cc2ccccc2)C1=O. The summed E-state index contributed by atoms with van der Waals surface area (Å²) in [5, 5.41) is 5.41. The first-order valence-corrected chi connectivity index (χ1v) is 9.39. The molecule has 0 saturated carbocycles. The Morgan fingerprint density at radius 3 is 2.54 bits per heavy atom. The number of carbonyl (C=O) groups is 3. The summed E-state index contributed by atoms with van der Waals surface area (Å²) in [5.74, 6) is -0.789. The fourth-order valence-electron chi connectivity index (χ4n) is 2.80. The number of hydrogen-bond donors (Lipinski definition) is 2. The summed E-state index contributed by atoms with van der Waals surface area (Å²) >= 11 is 1.51. The summed E-state index contributed by atoms with van der Waals surface area (Å²) in [7, 11) is 0. The fraction of sp³-hybridized carbons (Fsp3) is 0.211. The lowest BCUT2D eigenvalue weighted by atomic mass is 10.1. The maximum atomic E-state index is 12.5.